The number of ether oxygens (including phenoxy) is 3. The van der Waals surface area contributed by atoms with E-state index in [1.807, 2.05) is 66.3 Å². The molecule has 1 N–H and O–H groups in total. The lowest BCUT2D eigenvalue weighted by Crippen LogP contribution is -2.35. The quantitative estimate of drug-likeness (QED) is 0.0431. The van der Waals surface area contributed by atoms with Crippen LogP contribution < -0.4 is 4.90 Å². The Morgan fingerprint density at radius 3 is 2.11 bits per heavy atom. The molecule has 0 aliphatic heterocycles. The zero-order valence-corrected chi connectivity index (χ0v) is 35.1. The van der Waals surface area contributed by atoms with E-state index in [1.165, 1.54) is 0 Å². The van der Waals surface area contributed by atoms with Crippen molar-refractivity contribution in [3.63, 3.8) is 0 Å². The maximum Gasteiger partial charge on any atom is 0.338 e. The first-order valence-corrected chi connectivity index (χ1v) is 26.6. The van der Waals surface area contributed by atoms with Crippen molar-refractivity contribution in [3.8, 4) is 22.4 Å². The normalized spacial score (nSPS) is 17.0. The summed E-state index contributed by atoms with van der Waals surface area (Å²) in [5.74, 6) is -0.891. The molecule has 10 nitrogen and oxygen atoms in total. The molecule has 292 valence electrons. The molecule has 0 radical (unpaired) electrons. The number of carbonyl (C=O) groups is 1. The molecule has 1 aliphatic carbocycles. The fourth-order valence-corrected chi connectivity index (χ4v) is 8.30. The van der Waals surface area contributed by atoms with Crippen LogP contribution in [0.15, 0.2) is 61.4 Å². The van der Waals surface area contributed by atoms with Crippen molar-refractivity contribution in [1.82, 2.24) is 19.6 Å². The highest BCUT2D eigenvalue weighted by atomic mass is 28.3. The largest absolute Gasteiger partial charge is 0.494 e. The van der Waals surface area contributed by atoms with Crippen molar-refractivity contribution in [2.45, 2.75) is 96.1 Å². The molecule has 13 heteroatoms. The minimum Gasteiger partial charge on any atom is -0.494 e. The fourth-order valence-electron chi connectivity index (χ4n) is 6.79. The number of benzene rings is 1. The standard InChI is InChI=1S/C41H58FN5O5Si2/c1-9-52-29(2)36-38(32-17-15-31(16-18-32)37(42)41(48)49)45-39-34(33-19-20-35(43-25-33)30-13-11-10-12-14-30)26-44-47(39)40(36)46(27-50-21-23-53(3,4)5)28-51-22-24-54(6,7)8/h10-14,19-20,25-26,31-32,37H,2,9,15-18,21-24,27-28H2,1,3-8H3,(H,48,49)/t31-,32+,37?. The van der Waals surface area contributed by atoms with E-state index in [2.05, 4.69) is 50.8 Å². The summed E-state index contributed by atoms with van der Waals surface area (Å²) in [7, 11) is -2.72. The number of rotatable bonds is 19. The van der Waals surface area contributed by atoms with Gasteiger partial charge in [-0.05, 0) is 50.8 Å². The zero-order valence-electron chi connectivity index (χ0n) is 33.1. The highest BCUT2D eigenvalue weighted by Gasteiger charge is 2.36. The van der Waals surface area contributed by atoms with Crippen LogP contribution in [0, 0.1) is 5.92 Å². The molecule has 1 atom stereocenters. The molecule has 1 unspecified atom stereocenters. The minimum absolute atomic E-state index is 0.0954. The molecule has 3 heterocycles. The maximum atomic E-state index is 14.7. The molecule has 4 aromatic rings. The zero-order chi connectivity index (χ0) is 39.0. The Bertz CT molecular complexity index is 1830. The van der Waals surface area contributed by atoms with Crippen molar-refractivity contribution in [2.24, 2.45) is 5.92 Å². The Hall–Kier alpha value is -3.92. The average Bonchev–Trinajstić information content (AvgIpc) is 3.57. The van der Waals surface area contributed by atoms with Crippen molar-refractivity contribution in [2.75, 3.05) is 38.2 Å². The Balaban J connectivity index is 1.65. The second-order valence-corrected chi connectivity index (χ2v) is 28.0. The lowest BCUT2D eigenvalue weighted by atomic mass is 9.77. The third kappa shape index (κ3) is 10.6. The number of anilines is 1. The summed E-state index contributed by atoms with van der Waals surface area (Å²) in [5, 5.41) is 14.4. The Morgan fingerprint density at radius 1 is 0.944 bits per heavy atom. The van der Waals surface area contributed by atoms with Crippen molar-refractivity contribution in [1.29, 1.82) is 0 Å². The average molecular weight is 776 g/mol. The number of fused-ring (bicyclic) bond motifs is 1. The van der Waals surface area contributed by atoms with Gasteiger partial charge in [0.05, 0.1) is 29.8 Å². The second-order valence-electron chi connectivity index (χ2n) is 16.7. The van der Waals surface area contributed by atoms with Gasteiger partial charge in [-0.25, -0.2) is 14.2 Å². The summed E-state index contributed by atoms with van der Waals surface area (Å²) in [6.45, 7) is 22.4. The highest BCUT2D eigenvalue weighted by Crippen LogP contribution is 2.43. The SMILES string of the molecule is C=C(OCC)c1c(N(COCC[Si](C)(C)C)COCC[Si](C)(C)C)n2ncc(-c3ccc(-c4ccccc4)nc3)c2nc1[C@H]1CC[C@@H](C(F)C(=O)O)CC1. The summed E-state index contributed by atoms with van der Waals surface area (Å²) in [4.78, 5) is 23.8. The van der Waals surface area contributed by atoms with Crippen LogP contribution in [0.3, 0.4) is 0 Å². The van der Waals surface area contributed by atoms with Crippen LogP contribution in [0.4, 0.5) is 10.2 Å². The van der Waals surface area contributed by atoms with Crippen LogP contribution in [0.2, 0.25) is 51.4 Å². The number of aliphatic carboxylic acids is 1. The number of nitrogens with zero attached hydrogens (tertiary/aromatic N) is 5. The summed E-state index contributed by atoms with van der Waals surface area (Å²) < 4.78 is 35.5. The summed E-state index contributed by atoms with van der Waals surface area (Å²) in [6.07, 6.45) is 3.79. The number of hydrogen-bond donors (Lipinski definition) is 1. The molecule has 54 heavy (non-hydrogen) atoms. The van der Waals surface area contributed by atoms with Gasteiger partial charge in [-0.3, -0.25) is 4.98 Å². The lowest BCUT2D eigenvalue weighted by Gasteiger charge is -2.33. The number of carboxylic acid groups (broad SMARTS) is 1. The summed E-state index contributed by atoms with van der Waals surface area (Å²) in [6, 6.07) is 16.1. The molecule has 1 aliphatic rings. The molecule has 5 rings (SSSR count). The van der Waals surface area contributed by atoms with Crippen LogP contribution in [0.5, 0.6) is 0 Å². The fraction of sp³-hybridized carbons (Fsp3) is 0.512. The van der Waals surface area contributed by atoms with Gasteiger partial charge in [0.25, 0.3) is 0 Å². The van der Waals surface area contributed by atoms with E-state index < -0.39 is 34.2 Å². The number of hydrogen-bond acceptors (Lipinski definition) is 8. The molecular weight excluding hydrogens is 718 g/mol. The van der Waals surface area contributed by atoms with E-state index in [0.29, 0.717) is 68.3 Å². The predicted octanol–water partition coefficient (Wildman–Crippen LogP) is 9.59. The number of halogens is 1. The summed E-state index contributed by atoms with van der Waals surface area (Å²) >= 11 is 0. The van der Waals surface area contributed by atoms with E-state index >= 15 is 0 Å². The molecule has 0 saturated heterocycles. The Labute approximate surface area is 321 Å². The minimum atomic E-state index is -1.89. The molecular formula is C41H58FN5O5Si2. The third-order valence-corrected chi connectivity index (χ3v) is 13.4. The summed E-state index contributed by atoms with van der Waals surface area (Å²) in [5.41, 5.74) is 5.66. The molecule has 3 aromatic heterocycles. The number of aromatic nitrogens is 4. The Morgan fingerprint density at radius 2 is 1.57 bits per heavy atom. The van der Waals surface area contributed by atoms with Gasteiger partial charge < -0.3 is 24.2 Å². The van der Waals surface area contributed by atoms with Gasteiger partial charge in [0.15, 0.2) is 11.8 Å². The van der Waals surface area contributed by atoms with Gasteiger partial charge >= 0.3 is 5.97 Å². The van der Waals surface area contributed by atoms with Crippen LogP contribution in [-0.4, -0.2) is 86.3 Å². The lowest BCUT2D eigenvalue weighted by molar-refractivity contribution is -0.145. The molecule has 0 bridgehead atoms. The van der Waals surface area contributed by atoms with Crippen molar-refractivity contribution < 1.29 is 28.5 Å². The Kier molecular flexibility index (Phi) is 13.9. The van der Waals surface area contributed by atoms with E-state index in [1.54, 1.807) is 0 Å². The predicted molar refractivity (Wildman–Crippen MR) is 220 cm³/mol. The monoisotopic (exact) mass is 775 g/mol. The van der Waals surface area contributed by atoms with Gasteiger partial charge in [-0.2, -0.15) is 9.61 Å². The first-order valence-electron chi connectivity index (χ1n) is 19.2. The molecule has 1 saturated carbocycles. The van der Waals surface area contributed by atoms with E-state index in [0.717, 1.165) is 40.2 Å². The van der Waals surface area contributed by atoms with Gasteiger partial charge in [0.1, 0.15) is 25.0 Å². The molecule has 1 fully saturated rings. The smallest absolute Gasteiger partial charge is 0.338 e. The first-order chi connectivity index (χ1) is 25.7. The van der Waals surface area contributed by atoms with Crippen molar-refractivity contribution in [3.05, 3.63) is 72.7 Å². The highest BCUT2D eigenvalue weighted by molar-refractivity contribution is 6.76. The van der Waals surface area contributed by atoms with Gasteiger partial charge in [-0.15, -0.1) is 0 Å². The first kappa shape index (κ1) is 41.3. The van der Waals surface area contributed by atoms with Crippen LogP contribution in [0.25, 0.3) is 33.8 Å². The van der Waals surface area contributed by atoms with Gasteiger partial charge in [0.2, 0.25) is 0 Å². The van der Waals surface area contributed by atoms with Gasteiger partial charge in [-0.1, -0.05) is 82.3 Å². The van der Waals surface area contributed by atoms with E-state index in [4.69, 9.17) is 29.3 Å². The second kappa shape index (κ2) is 18.1. The van der Waals surface area contributed by atoms with E-state index in [9.17, 15) is 14.3 Å². The van der Waals surface area contributed by atoms with E-state index in [-0.39, 0.29) is 19.4 Å². The van der Waals surface area contributed by atoms with Crippen molar-refractivity contribution >= 4 is 39.3 Å². The van der Waals surface area contributed by atoms with Crippen LogP contribution >= 0.6 is 0 Å². The molecule has 1 aromatic carbocycles. The van der Waals surface area contributed by atoms with Gasteiger partial charge in [0, 0.05) is 64.1 Å². The number of pyridine rings is 1. The molecule has 0 amide bonds. The third-order valence-electron chi connectivity index (χ3n) is 9.99. The topological polar surface area (TPSA) is 111 Å². The van der Waals surface area contributed by atoms with Crippen LogP contribution in [-0.2, 0) is 19.0 Å². The molecule has 0 spiro atoms. The van der Waals surface area contributed by atoms with Crippen LogP contribution in [0.1, 0.15) is 49.8 Å². The maximum absolute atomic E-state index is 14.7. The number of alkyl halides is 1. The number of carboxylic acids is 1.